The Kier molecular flexibility index (Phi) is 8.12. The molecule has 12 heteroatoms. The molecule has 5 rings (SSSR count). The molecule has 4 heterocycles. The molecule has 1 aromatic carbocycles. The zero-order chi connectivity index (χ0) is 26.7. The van der Waals surface area contributed by atoms with Crippen molar-refractivity contribution in [1.29, 1.82) is 0 Å². The molecule has 11 nitrogen and oxygen atoms in total. The second-order valence-corrected chi connectivity index (χ2v) is 12.5. The van der Waals surface area contributed by atoms with E-state index >= 15 is 0 Å². The van der Waals surface area contributed by atoms with Crippen molar-refractivity contribution in [2.45, 2.75) is 44.2 Å². The summed E-state index contributed by atoms with van der Waals surface area (Å²) in [5, 5.41) is 6.68. The van der Waals surface area contributed by atoms with Gasteiger partial charge in [-0.2, -0.15) is 0 Å². The van der Waals surface area contributed by atoms with E-state index in [1.807, 2.05) is 18.2 Å². The molecule has 0 bridgehead atoms. The van der Waals surface area contributed by atoms with E-state index < -0.39 is 16.1 Å². The highest BCUT2D eigenvalue weighted by Crippen LogP contribution is 2.32. The van der Waals surface area contributed by atoms with E-state index in [1.54, 1.807) is 10.5 Å². The maximum Gasteiger partial charge on any atom is 0.249 e. The number of rotatable bonds is 8. The number of nitrogens with zero attached hydrogens (tertiary/aromatic N) is 4. The van der Waals surface area contributed by atoms with Crippen LogP contribution >= 0.6 is 0 Å². The van der Waals surface area contributed by atoms with Gasteiger partial charge in [-0.1, -0.05) is 0 Å². The number of aromatic nitrogens is 1. The van der Waals surface area contributed by atoms with Crippen molar-refractivity contribution in [2.75, 3.05) is 61.8 Å². The van der Waals surface area contributed by atoms with Gasteiger partial charge in [0.2, 0.25) is 21.8 Å². The van der Waals surface area contributed by atoms with Crippen molar-refractivity contribution >= 4 is 44.1 Å². The molecular weight excluding hydrogens is 506 g/mol. The summed E-state index contributed by atoms with van der Waals surface area (Å²) >= 11 is 0. The molecule has 0 saturated carbocycles. The summed E-state index contributed by atoms with van der Waals surface area (Å²) < 4.78 is 27.0. The molecular formula is C26H37N7O4S. The van der Waals surface area contributed by atoms with E-state index in [9.17, 15) is 18.0 Å². The van der Waals surface area contributed by atoms with Crippen molar-refractivity contribution < 1.29 is 18.0 Å². The van der Waals surface area contributed by atoms with Crippen molar-refractivity contribution in [2.24, 2.45) is 5.73 Å². The molecule has 2 aromatic rings. The van der Waals surface area contributed by atoms with Gasteiger partial charge in [-0.05, 0) is 56.5 Å². The fourth-order valence-electron chi connectivity index (χ4n) is 5.53. The maximum absolute atomic E-state index is 12.7. The van der Waals surface area contributed by atoms with Gasteiger partial charge in [-0.3, -0.25) is 24.8 Å². The average molecular weight is 544 g/mol. The van der Waals surface area contributed by atoms with Crippen molar-refractivity contribution in [3.63, 3.8) is 0 Å². The Morgan fingerprint density at radius 1 is 1.03 bits per heavy atom. The highest BCUT2D eigenvalue weighted by molar-refractivity contribution is 7.89. The molecule has 1 atom stereocenters. The molecule has 3 saturated heterocycles. The Hall–Kier alpha value is -2.80. The molecule has 4 N–H and O–H groups in total. The zero-order valence-corrected chi connectivity index (χ0v) is 22.5. The van der Waals surface area contributed by atoms with E-state index in [4.69, 9.17) is 5.73 Å². The number of nitrogens with one attached hydrogen (secondary N) is 2. The minimum atomic E-state index is -3.22. The lowest BCUT2D eigenvalue weighted by molar-refractivity contribution is -0.133. The molecule has 38 heavy (non-hydrogen) atoms. The molecule has 3 aliphatic heterocycles. The summed E-state index contributed by atoms with van der Waals surface area (Å²) in [4.78, 5) is 33.0. The van der Waals surface area contributed by atoms with Crippen LogP contribution in [0, 0.1) is 0 Å². The number of imide groups is 1. The number of sulfonamides is 1. The van der Waals surface area contributed by atoms with Crippen LogP contribution in [0.1, 0.15) is 32.1 Å². The van der Waals surface area contributed by atoms with Gasteiger partial charge < -0.3 is 16.0 Å². The zero-order valence-electron chi connectivity index (χ0n) is 21.6. The van der Waals surface area contributed by atoms with Gasteiger partial charge in [0.05, 0.1) is 17.0 Å². The topological polar surface area (TPSA) is 141 Å². The molecule has 2 amide bonds. The Labute approximate surface area is 223 Å². The molecule has 0 aliphatic carbocycles. The largest absolute Gasteiger partial charge is 0.372 e. The number of piperazine rings is 1. The summed E-state index contributed by atoms with van der Waals surface area (Å²) in [5.41, 5.74) is 8.57. The van der Waals surface area contributed by atoms with E-state index in [0.29, 0.717) is 32.4 Å². The van der Waals surface area contributed by atoms with Crippen LogP contribution in [0.25, 0.3) is 10.9 Å². The Morgan fingerprint density at radius 3 is 2.53 bits per heavy atom. The van der Waals surface area contributed by atoms with Crippen molar-refractivity contribution in [1.82, 2.24) is 19.5 Å². The maximum atomic E-state index is 12.7. The molecule has 0 radical (unpaired) electrons. The monoisotopic (exact) mass is 543 g/mol. The number of anilines is 2. The molecule has 1 aromatic heterocycles. The van der Waals surface area contributed by atoms with Gasteiger partial charge in [0.15, 0.2) is 0 Å². The van der Waals surface area contributed by atoms with E-state index in [1.165, 1.54) is 0 Å². The lowest BCUT2D eigenvalue weighted by Crippen LogP contribution is -2.47. The van der Waals surface area contributed by atoms with Gasteiger partial charge >= 0.3 is 0 Å². The van der Waals surface area contributed by atoms with Crippen LogP contribution < -0.4 is 21.3 Å². The molecule has 3 fully saturated rings. The number of nitrogens with two attached hydrogens (primary N) is 1. The first-order chi connectivity index (χ1) is 18.3. The van der Waals surface area contributed by atoms with Crippen LogP contribution in [0.4, 0.5) is 11.4 Å². The number of pyridine rings is 1. The highest BCUT2D eigenvalue weighted by Gasteiger charge is 2.28. The predicted molar refractivity (Wildman–Crippen MR) is 147 cm³/mol. The third-order valence-corrected chi connectivity index (χ3v) is 9.75. The highest BCUT2D eigenvalue weighted by atomic mass is 32.2. The number of carbonyl (C=O) groups is 2. The SMILES string of the molecule is NC1CCN(S(=O)(=O)CCCN2CCN(c3ccc(NC4CCC(=O)NC4=O)c4ncccc34)CC2)CC1. The summed E-state index contributed by atoms with van der Waals surface area (Å²) in [6, 6.07) is 7.61. The molecule has 1 unspecified atom stereocenters. The average Bonchev–Trinajstić information content (AvgIpc) is 2.91. The second-order valence-electron chi connectivity index (χ2n) is 10.4. The number of amides is 2. The minimum absolute atomic E-state index is 0.114. The van der Waals surface area contributed by atoms with E-state index in [-0.39, 0.29) is 23.6 Å². The predicted octanol–water partition coefficient (Wildman–Crippen LogP) is 0.717. The van der Waals surface area contributed by atoms with Gasteiger partial charge in [0, 0.05) is 69.0 Å². The summed E-state index contributed by atoms with van der Waals surface area (Å²) in [6.07, 6.45) is 4.61. The Balaban J connectivity index is 1.17. The molecule has 3 aliphatic rings. The van der Waals surface area contributed by atoms with Gasteiger partial charge in [0.1, 0.15) is 6.04 Å². The van der Waals surface area contributed by atoms with Gasteiger partial charge in [0.25, 0.3) is 0 Å². The van der Waals surface area contributed by atoms with Gasteiger partial charge in [-0.15, -0.1) is 0 Å². The van der Waals surface area contributed by atoms with Crippen molar-refractivity contribution in [3.05, 3.63) is 30.5 Å². The number of fused-ring (bicyclic) bond motifs is 1. The van der Waals surface area contributed by atoms with Crippen LogP contribution in [0.5, 0.6) is 0 Å². The summed E-state index contributed by atoms with van der Waals surface area (Å²) in [7, 11) is -3.22. The number of carbonyl (C=O) groups excluding carboxylic acids is 2. The smallest absolute Gasteiger partial charge is 0.249 e. The summed E-state index contributed by atoms with van der Waals surface area (Å²) in [5.74, 6) is -0.363. The van der Waals surface area contributed by atoms with E-state index in [0.717, 1.165) is 67.8 Å². The Morgan fingerprint density at radius 2 is 1.79 bits per heavy atom. The first-order valence-corrected chi connectivity index (χ1v) is 15.1. The normalized spacial score (nSPS) is 22.6. The first-order valence-electron chi connectivity index (χ1n) is 13.5. The van der Waals surface area contributed by atoms with Crippen molar-refractivity contribution in [3.8, 4) is 0 Å². The molecule has 206 valence electrons. The number of benzene rings is 1. The molecule has 0 spiro atoms. The fraction of sp³-hybridized carbons (Fsp3) is 0.577. The number of piperidine rings is 2. The fourth-order valence-corrected chi connectivity index (χ4v) is 7.05. The summed E-state index contributed by atoms with van der Waals surface area (Å²) in [6.45, 7) is 5.21. The minimum Gasteiger partial charge on any atom is -0.372 e. The van der Waals surface area contributed by atoms with Crippen LogP contribution in [0.15, 0.2) is 30.5 Å². The number of hydrogen-bond donors (Lipinski definition) is 3. The first kappa shape index (κ1) is 26.8. The Bertz CT molecular complexity index is 1270. The van der Waals surface area contributed by atoms with Crippen LogP contribution in [-0.2, 0) is 19.6 Å². The van der Waals surface area contributed by atoms with Crippen LogP contribution in [0.2, 0.25) is 0 Å². The second kappa shape index (κ2) is 11.5. The third kappa shape index (κ3) is 6.09. The quantitative estimate of drug-likeness (QED) is 0.411. The van der Waals surface area contributed by atoms with Gasteiger partial charge in [-0.25, -0.2) is 12.7 Å². The van der Waals surface area contributed by atoms with Crippen LogP contribution in [-0.4, -0.2) is 98.1 Å². The number of hydrogen-bond acceptors (Lipinski definition) is 9. The van der Waals surface area contributed by atoms with Crippen LogP contribution in [0.3, 0.4) is 0 Å². The van der Waals surface area contributed by atoms with E-state index in [2.05, 4.69) is 31.5 Å². The lowest BCUT2D eigenvalue weighted by atomic mass is 10.0. The third-order valence-electron chi connectivity index (χ3n) is 7.80. The standard InChI is InChI=1S/C26H37N7O4S/c27-19-8-12-33(13-9-19)38(36,37)18-2-11-31-14-16-32(17-15-31)23-6-4-21(25-20(23)3-1-10-28-25)29-22-5-7-24(34)30-26(22)35/h1,3-4,6,10,19,22,29H,2,5,7-9,11-18,27H2,(H,30,34,35). The lowest BCUT2D eigenvalue weighted by Gasteiger charge is -2.37.